The average molecular weight is 365 g/mol. The maximum atomic E-state index is 12.5. The normalized spacial score (nSPS) is 15.5. The van der Waals surface area contributed by atoms with Crippen molar-refractivity contribution in [1.82, 2.24) is 14.7 Å². The van der Waals surface area contributed by atoms with Crippen LogP contribution in [0.5, 0.6) is 0 Å². The highest BCUT2D eigenvalue weighted by atomic mass is 16.2. The molecule has 5 heteroatoms. The summed E-state index contributed by atoms with van der Waals surface area (Å²) in [5, 5.41) is 0. The molecule has 0 aromatic heterocycles. The largest absolute Gasteiger partial charge is 0.348 e. The van der Waals surface area contributed by atoms with Crippen LogP contribution >= 0.6 is 0 Å². The maximum Gasteiger partial charge on any atom is 0.236 e. The number of benzene rings is 2. The summed E-state index contributed by atoms with van der Waals surface area (Å²) < 4.78 is 0. The van der Waals surface area contributed by atoms with E-state index in [0.717, 1.165) is 38.3 Å². The average Bonchev–Trinajstić information content (AvgIpc) is 2.70. The molecule has 0 saturated carbocycles. The van der Waals surface area contributed by atoms with Gasteiger partial charge < -0.3 is 4.90 Å². The van der Waals surface area contributed by atoms with E-state index in [1.165, 1.54) is 5.56 Å². The first kappa shape index (κ1) is 19.3. The zero-order chi connectivity index (χ0) is 19.2. The minimum atomic E-state index is 0.0568. The van der Waals surface area contributed by atoms with Crippen LogP contribution in [-0.2, 0) is 11.3 Å². The van der Waals surface area contributed by atoms with Crippen LogP contribution in [-0.4, -0.2) is 73.2 Å². The predicted octanol–water partition coefficient (Wildman–Crippen LogP) is 2.12. The van der Waals surface area contributed by atoms with Gasteiger partial charge in [0.25, 0.3) is 0 Å². The standard InChI is InChI=1S/C22H27N3O2/c1-23(2)21(26)17-25-14-12-24(13-15-25)16-18-8-10-20(11-9-18)22(27)19-6-4-3-5-7-19/h3-11H,12-17H2,1-2H3. The van der Waals surface area contributed by atoms with E-state index in [-0.39, 0.29) is 11.7 Å². The van der Waals surface area contributed by atoms with Crippen molar-refractivity contribution < 1.29 is 9.59 Å². The SMILES string of the molecule is CN(C)C(=O)CN1CCN(Cc2ccc(C(=O)c3ccccc3)cc2)CC1. The molecule has 0 radical (unpaired) electrons. The van der Waals surface area contributed by atoms with Crippen LogP contribution < -0.4 is 0 Å². The lowest BCUT2D eigenvalue weighted by Gasteiger charge is -2.34. The second-order valence-electron chi connectivity index (χ2n) is 7.23. The maximum absolute atomic E-state index is 12.5. The highest BCUT2D eigenvalue weighted by Gasteiger charge is 2.19. The van der Waals surface area contributed by atoms with Gasteiger partial charge in [-0.2, -0.15) is 0 Å². The number of rotatable bonds is 6. The third-order valence-electron chi connectivity index (χ3n) is 4.98. The molecule has 1 saturated heterocycles. The number of hydrogen-bond donors (Lipinski definition) is 0. The Labute approximate surface area is 161 Å². The first-order valence-electron chi connectivity index (χ1n) is 9.36. The van der Waals surface area contributed by atoms with Crippen molar-refractivity contribution in [1.29, 1.82) is 0 Å². The van der Waals surface area contributed by atoms with Crippen LogP contribution in [0.2, 0.25) is 0 Å². The van der Waals surface area contributed by atoms with Crippen LogP contribution in [0.15, 0.2) is 54.6 Å². The van der Waals surface area contributed by atoms with Gasteiger partial charge in [-0.3, -0.25) is 19.4 Å². The molecule has 0 atom stereocenters. The van der Waals surface area contributed by atoms with Crippen LogP contribution in [0.1, 0.15) is 21.5 Å². The van der Waals surface area contributed by atoms with Gasteiger partial charge in [-0.15, -0.1) is 0 Å². The van der Waals surface area contributed by atoms with E-state index < -0.39 is 0 Å². The number of nitrogens with zero attached hydrogens (tertiary/aromatic N) is 3. The molecule has 1 aliphatic rings. The van der Waals surface area contributed by atoms with Crippen molar-refractivity contribution in [2.24, 2.45) is 0 Å². The van der Waals surface area contributed by atoms with Crippen molar-refractivity contribution in [2.45, 2.75) is 6.54 Å². The molecule has 0 aliphatic carbocycles. The Morgan fingerprint density at radius 2 is 1.37 bits per heavy atom. The van der Waals surface area contributed by atoms with E-state index in [1.807, 2.05) is 54.6 Å². The van der Waals surface area contributed by atoms with Crippen molar-refractivity contribution in [3.63, 3.8) is 0 Å². The van der Waals surface area contributed by atoms with Crippen LogP contribution in [0.4, 0.5) is 0 Å². The molecular weight excluding hydrogens is 338 g/mol. The molecule has 2 aromatic carbocycles. The summed E-state index contributed by atoms with van der Waals surface area (Å²) in [4.78, 5) is 30.5. The summed E-state index contributed by atoms with van der Waals surface area (Å²) in [7, 11) is 3.59. The molecule has 5 nitrogen and oxygen atoms in total. The fourth-order valence-corrected chi connectivity index (χ4v) is 3.21. The lowest BCUT2D eigenvalue weighted by Crippen LogP contribution is -2.48. The first-order valence-corrected chi connectivity index (χ1v) is 9.36. The monoisotopic (exact) mass is 365 g/mol. The molecule has 142 valence electrons. The summed E-state index contributed by atoms with van der Waals surface area (Å²) in [6, 6.07) is 17.3. The molecule has 1 heterocycles. The Morgan fingerprint density at radius 3 is 1.96 bits per heavy atom. The van der Waals surface area contributed by atoms with Gasteiger partial charge in [0, 0.05) is 57.9 Å². The number of amides is 1. The summed E-state index contributed by atoms with van der Waals surface area (Å²) >= 11 is 0. The molecule has 27 heavy (non-hydrogen) atoms. The van der Waals surface area contributed by atoms with E-state index in [1.54, 1.807) is 19.0 Å². The van der Waals surface area contributed by atoms with Gasteiger partial charge in [-0.25, -0.2) is 0 Å². The molecule has 0 spiro atoms. The van der Waals surface area contributed by atoms with Gasteiger partial charge in [0.15, 0.2) is 5.78 Å². The van der Waals surface area contributed by atoms with Crippen LogP contribution in [0.3, 0.4) is 0 Å². The number of carbonyl (C=O) groups excluding carboxylic acids is 2. The van der Waals surface area contributed by atoms with Gasteiger partial charge in [0.2, 0.25) is 5.91 Å². The second kappa shape index (κ2) is 8.93. The minimum Gasteiger partial charge on any atom is -0.348 e. The number of ketones is 1. The van der Waals surface area contributed by atoms with E-state index >= 15 is 0 Å². The lowest BCUT2D eigenvalue weighted by atomic mass is 10.0. The summed E-state index contributed by atoms with van der Waals surface area (Å²) in [6.45, 7) is 5.08. The lowest BCUT2D eigenvalue weighted by molar-refractivity contribution is -0.130. The predicted molar refractivity (Wildman–Crippen MR) is 107 cm³/mol. The van der Waals surface area contributed by atoms with Crippen LogP contribution in [0, 0.1) is 0 Å². The molecule has 0 bridgehead atoms. The quantitative estimate of drug-likeness (QED) is 0.736. The van der Waals surface area contributed by atoms with Crippen LogP contribution in [0.25, 0.3) is 0 Å². The molecule has 1 fully saturated rings. The third kappa shape index (κ3) is 5.25. The summed E-state index contributed by atoms with van der Waals surface area (Å²) in [6.07, 6.45) is 0. The number of likely N-dealkylation sites (N-methyl/N-ethyl adjacent to an activating group) is 1. The molecule has 0 unspecified atom stereocenters. The van der Waals surface area contributed by atoms with Gasteiger partial charge in [0.05, 0.1) is 6.54 Å². The van der Waals surface area contributed by atoms with E-state index in [0.29, 0.717) is 12.1 Å². The number of hydrogen-bond acceptors (Lipinski definition) is 4. The third-order valence-corrected chi connectivity index (χ3v) is 4.98. The van der Waals surface area contributed by atoms with Crippen molar-refractivity contribution in [3.8, 4) is 0 Å². The van der Waals surface area contributed by atoms with Gasteiger partial charge in [-0.05, 0) is 5.56 Å². The van der Waals surface area contributed by atoms with E-state index in [2.05, 4.69) is 9.80 Å². The topological polar surface area (TPSA) is 43.9 Å². The first-order chi connectivity index (χ1) is 13.0. The minimum absolute atomic E-state index is 0.0568. The van der Waals surface area contributed by atoms with Crippen molar-refractivity contribution in [3.05, 3.63) is 71.3 Å². The Balaban J connectivity index is 1.51. The molecule has 3 rings (SSSR count). The molecule has 0 N–H and O–H groups in total. The van der Waals surface area contributed by atoms with E-state index in [4.69, 9.17) is 0 Å². The summed E-state index contributed by atoms with van der Waals surface area (Å²) in [5.74, 6) is 0.212. The Bertz CT molecular complexity index is 764. The number of carbonyl (C=O) groups is 2. The molecule has 1 aliphatic heterocycles. The highest BCUT2D eigenvalue weighted by molar-refractivity contribution is 6.08. The van der Waals surface area contributed by atoms with E-state index in [9.17, 15) is 9.59 Å². The Morgan fingerprint density at radius 1 is 0.815 bits per heavy atom. The van der Waals surface area contributed by atoms with Gasteiger partial charge in [0.1, 0.15) is 0 Å². The second-order valence-corrected chi connectivity index (χ2v) is 7.23. The summed E-state index contributed by atoms with van der Waals surface area (Å²) in [5.41, 5.74) is 2.64. The zero-order valence-electron chi connectivity index (χ0n) is 16.1. The number of piperazine rings is 1. The fraction of sp³-hybridized carbons (Fsp3) is 0.364. The smallest absolute Gasteiger partial charge is 0.236 e. The van der Waals surface area contributed by atoms with Crippen molar-refractivity contribution >= 4 is 11.7 Å². The molecular formula is C22H27N3O2. The van der Waals surface area contributed by atoms with Gasteiger partial charge >= 0.3 is 0 Å². The van der Waals surface area contributed by atoms with Gasteiger partial charge in [-0.1, -0.05) is 54.6 Å². The highest BCUT2D eigenvalue weighted by Crippen LogP contribution is 2.13. The molecule has 2 aromatic rings. The molecule has 1 amide bonds. The zero-order valence-corrected chi connectivity index (χ0v) is 16.1. The van der Waals surface area contributed by atoms with Crippen molar-refractivity contribution in [2.75, 3.05) is 46.8 Å². The Hall–Kier alpha value is -2.50. The Kier molecular flexibility index (Phi) is 6.37. The fourth-order valence-electron chi connectivity index (χ4n) is 3.21.